The van der Waals surface area contributed by atoms with E-state index in [2.05, 4.69) is 0 Å². The molecular weight excluding hydrogens is 617 g/mol. The van der Waals surface area contributed by atoms with E-state index in [-0.39, 0.29) is 36.4 Å². The highest BCUT2D eigenvalue weighted by atomic mass is 19.4. The number of hydrogen-bond donors (Lipinski definition) is 1. The van der Waals surface area contributed by atoms with Gasteiger partial charge in [0.1, 0.15) is 5.82 Å². The van der Waals surface area contributed by atoms with Gasteiger partial charge in [0.15, 0.2) is 11.6 Å². The molecular formula is C32H29F5N3O6-. The normalized spacial score (nSPS) is 12.4. The fraction of sp³-hybridized carbons (Fsp3) is 0.281. The second-order valence-electron chi connectivity index (χ2n) is 10.4. The average molecular weight is 647 g/mol. The van der Waals surface area contributed by atoms with E-state index in [4.69, 9.17) is 9.84 Å². The molecule has 46 heavy (non-hydrogen) atoms. The SMILES string of the molecule is COc1cccc(-c2c(C)n(Cc3c(F)cccc3C(F)(F)F)c(=O)n(C[C@H](c3ccccc3)N([O-])CCCC(=O)O)c2=O)c1F. The van der Waals surface area contributed by atoms with E-state index in [9.17, 15) is 37.2 Å². The molecule has 1 aromatic heterocycles. The Kier molecular flexibility index (Phi) is 10.4. The second-order valence-corrected chi connectivity index (χ2v) is 10.4. The van der Waals surface area contributed by atoms with Gasteiger partial charge in [0, 0.05) is 35.8 Å². The third-order valence-electron chi connectivity index (χ3n) is 7.54. The maximum atomic E-state index is 15.6. The van der Waals surface area contributed by atoms with Crippen LogP contribution in [0.2, 0.25) is 0 Å². The third-order valence-corrected chi connectivity index (χ3v) is 7.54. The molecule has 1 atom stereocenters. The number of methoxy groups -OCH3 is 1. The molecule has 0 bridgehead atoms. The molecule has 0 unspecified atom stereocenters. The topological polar surface area (TPSA) is 117 Å². The number of carboxylic acid groups (broad SMARTS) is 1. The lowest BCUT2D eigenvalue weighted by Gasteiger charge is -2.37. The first-order valence-electron chi connectivity index (χ1n) is 14.0. The zero-order chi connectivity index (χ0) is 33.8. The maximum absolute atomic E-state index is 15.6. The molecule has 0 spiro atoms. The van der Waals surface area contributed by atoms with E-state index in [1.54, 1.807) is 30.3 Å². The lowest BCUT2D eigenvalue weighted by molar-refractivity contribution is -0.139. The number of halogens is 5. The quantitative estimate of drug-likeness (QED) is 0.154. The number of hydrogen-bond acceptors (Lipinski definition) is 6. The number of carbonyl (C=O) groups is 1. The third kappa shape index (κ3) is 7.18. The Morgan fingerprint density at radius 3 is 2.30 bits per heavy atom. The predicted molar refractivity (Wildman–Crippen MR) is 158 cm³/mol. The van der Waals surface area contributed by atoms with Gasteiger partial charge in [-0.15, -0.1) is 0 Å². The van der Waals surface area contributed by atoms with Gasteiger partial charge >= 0.3 is 17.8 Å². The van der Waals surface area contributed by atoms with Crippen LogP contribution in [0.1, 0.15) is 41.3 Å². The van der Waals surface area contributed by atoms with Crippen molar-refractivity contribution in [2.75, 3.05) is 13.7 Å². The number of rotatable bonds is 12. The molecule has 1 N–H and O–H groups in total. The minimum Gasteiger partial charge on any atom is -0.785 e. The molecule has 1 heterocycles. The highest BCUT2D eigenvalue weighted by Gasteiger charge is 2.35. The molecule has 0 fully saturated rings. The first-order valence-corrected chi connectivity index (χ1v) is 14.0. The molecule has 0 aliphatic carbocycles. The van der Waals surface area contributed by atoms with Gasteiger partial charge in [0.05, 0.1) is 24.8 Å². The number of nitrogens with zero attached hydrogens (tertiary/aromatic N) is 3. The van der Waals surface area contributed by atoms with Crippen LogP contribution in [0, 0.1) is 23.8 Å². The summed E-state index contributed by atoms with van der Waals surface area (Å²) in [5, 5.41) is 22.8. The van der Waals surface area contributed by atoms with E-state index in [1.807, 2.05) is 0 Å². The van der Waals surface area contributed by atoms with E-state index in [1.165, 1.54) is 32.2 Å². The molecule has 244 valence electrons. The number of aromatic nitrogens is 2. The lowest BCUT2D eigenvalue weighted by atomic mass is 10.0. The highest BCUT2D eigenvalue weighted by Crippen LogP contribution is 2.34. The number of ether oxygens (including phenoxy) is 1. The van der Waals surface area contributed by atoms with Gasteiger partial charge in [-0.3, -0.25) is 18.7 Å². The zero-order valence-electron chi connectivity index (χ0n) is 24.7. The van der Waals surface area contributed by atoms with Crippen LogP contribution in [0.4, 0.5) is 22.0 Å². The van der Waals surface area contributed by atoms with Crippen molar-refractivity contribution in [2.24, 2.45) is 0 Å². The van der Waals surface area contributed by atoms with Crippen LogP contribution in [0.25, 0.3) is 11.1 Å². The monoisotopic (exact) mass is 646 g/mol. The zero-order valence-corrected chi connectivity index (χ0v) is 24.7. The Morgan fingerprint density at radius 2 is 1.67 bits per heavy atom. The van der Waals surface area contributed by atoms with Crippen molar-refractivity contribution < 1.29 is 36.6 Å². The number of benzene rings is 3. The van der Waals surface area contributed by atoms with Crippen molar-refractivity contribution in [1.82, 2.24) is 14.2 Å². The summed E-state index contributed by atoms with van der Waals surface area (Å²) in [6.45, 7) is -0.723. The van der Waals surface area contributed by atoms with Gasteiger partial charge in [-0.1, -0.05) is 48.5 Å². The van der Waals surface area contributed by atoms with Gasteiger partial charge in [0.2, 0.25) is 0 Å². The van der Waals surface area contributed by atoms with Crippen molar-refractivity contribution in [3.63, 3.8) is 0 Å². The Morgan fingerprint density at radius 1 is 1.00 bits per heavy atom. The van der Waals surface area contributed by atoms with Crippen LogP contribution in [-0.2, 0) is 24.1 Å². The van der Waals surface area contributed by atoms with Gasteiger partial charge in [-0.05, 0) is 43.7 Å². The lowest BCUT2D eigenvalue weighted by Crippen LogP contribution is -2.45. The molecule has 14 heteroatoms. The summed E-state index contributed by atoms with van der Waals surface area (Å²) < 4.78 is 78.6. The smallest absolute Gasteiger partial charge is 0.416 e. The molecule has 4 aromatic rings. The van der Waals surface area contributed by atoms with E-state index in [0.717, 1.165) is 16.7 Å². The van der Waals surface area contributed by atoms with Gasteiger partial charge in [-0.2, -0.15) is 13.2 Å². The molecule has 0 aliphatic rings. The summed E-state index contributed by atoms with van der Waals surface area (Å²) in [5.41, 5.74) is -5.15. The molecule has 0 radical (unpaired) electrons. The van der Waals surface area contributed by atoms with Crippen LogP contribution in [0.5, 0.6) is 5.75 Å². The summed E-state index contributed by atoms with van der Waals surface area (Å²) in [5.74, 6) is -3.67. The molecule has 4 rings (SSSR count). The molecule has 0 aliphatic heterocycles. The summed E-state index contributed by atoms with van der Waals surface area (Å²) in [7, 11) is 1.18. The van der Waals surface area contributed by atoms with E-state index >= 15 is 4.39 Å². The van der Waals surface area contributed by atoms with Crippen molar-refractivity contribution in [1.29, 1.82) is 0 Å². The molecule has 0 amide bonds. The highest BCUT2D eigenvalue weighted by molar-refractivity contribution is 5.68. The minimum absolute atomic E-state index is 0.0665. The Hall–Kier alpha value is -4.82. The van der Waals surface area contributed by atoms with Crippen molar-refractivity contribution >= 4 is 5.97 Å². The van der Waals surface area contributed by atoms with Crippen molar-refractivity contribution in [3.05, 3.63) is 127 Å². The average Bonchev–Trinajstić information content (AvgIpc) is 3.00. The summed E-state index contributed by atoms with van der Waals surface area (Å²) in [4.78, 5) is 39.0. The summed E-state index contributed by atoms with van der Waals surface area (Å²) >= 11 is 0. The fourth-order valence-electron chi connectivity index (χ4n) is 5.22. The van der Waals surface area contributed by atoms with Crippen molar-refractivity contribution in [3.8, 4) is 16.9 Å². The fourth-order valence-corrected chi connectivity index (χ4v) is 5.22. The van der Waals surface area contributed by atoms with Crippen LogP contribution in [0.15, 0.2) is 76.3 Å². The molecule has 0 saturated carbocycles. The van der Waals surface area contributed by atoms with Crippen LogP contribution in [0.3, 0.4) is 0 Å². The van der Waals surface area contributed by atoms with E-state index < -0.39 is 70.9 Å². The second kappa shape index (κ2) is 14.1. The molecule has 3 aromatic carbocycles. The molecule has 0 saturated heterocycles. The van der Waals surface area contributed by atoms with E-state index in [0.29, 0.717) is 21.3 Å². The van der Waals surface area contributed by atoms with Gasteiger partial charge in [-0.25, -0.2) is 13.6 Å². The Balaban J connectivity index is 1.98. The maximum Gasteiger partial charge on any atom is 0.416 e. The first-order chi connectivity index (χ1) is 21.8. The largest absolute Gasteiger partial charge is 0.785 e. The van der Waals surface area contributed by atoms with Crippen LogP contribution >= 0.6 is 0 Å². The van der Waals surface area contributed by atoms with Crippen molar-refractivity contribution in [2.45, 2.75) is 45.1 Å². The van der Waals surface area contributed by atoms with Crippen LogP contribution < -0.4 is 16.0 Å². The summed E-state index contributed by atoms with van der Waals surface area (Å²) in [6.07, 6.45) is -5.40. The number of hydroxylamine groups is 2. The number of carboxylic acids is 1. The standard InChI is InChI=1S/C32H29F5N3O6/c1-19-28(21-11-6-14-26(46-2)29(21)34)30(43)39(18-25(20-9-4-3-5-10-20)40(45)16-8-15-27(41)42)31(44)38(19)17-22-23(32(35,36)37)12-7-13-24(22)33/h3-7,9-14,25H,8,15-18H2,1-2H3,(H,41,42)/q-1/t25-/m1/s1. The predicted octanol–water partition coefficient (Wildman–Crippen LogP) is 5.75. The Labute approximate surface area is 259 Å². The van der Waals surface area contributed by atoms with Gasteiger partial charge in [0.25, 0.3) is 5.56 Å². The first kappa shape index (κ1) is 34.1. The Bertz CT molecular complexity index is 1840. The summed E-state index contributed by atoms with van der Waals surface area (Å²) in [6, 6.07) is 12.8. The molecule has 9 nitrogen and oxygen atoms in total. The van der Waals surface area contributed by atoms with Gasteiger partial charge < -0.3 is 20.1 Å². The minimum atomic E-state index is -5.00. The number of alkyl halides is 3. The number of aliphatic carboxylic acids is 1. The van der Waals surface area contributed by atoms with Crippen LogP contribution in [-0.4, -0.2) is 38.9 Å².